The number of nitrogens with zero attached hydrogens (tertiary/aromatic N) is 3. The molecule has 2 N–H and O–H groups in total. The summed E-state index contributed by atoms with van der Waals surface area (Å²) in [6, 6.07) is 7.44. The highest BCUT2D eigenvalue weighted by molar-refractivity contribution is 14.0. The number of methoxy groups -OCH3 is 1. The van der Waals surface area contributed by atoms with E-state index in [9.17, 15) is 8.78 Å². The van der Waals surface area contributed by atoms with E-state index < -0.39 is 6.55 Å². The van der Waals surface area contributed by atoms with Crippen LogP contribution in [0.25, 0.3) is 0 Å². The van der Waals surface area contributed by atoms with Crippen molar-refractivity contribution in [2.75, 3.05) is 32.2 Å². The summed E-state index contributed by atoms with van der Waals surface area (Å²) < 4.78 is 37.3. The number of aromatic nitrogens is 2. The third-order valence-electron chi connectivity index (χ3n) is 3.54. The molecule has 1 aromatic carbocycles. The van der Waals surface area contributed by atoms with Crippen LogP contribution in [0, 0.1) is 0 Å². The molecule has 0 saturated heterocycles. The van der Waals surface area contributed by atoms with Gasteiger partial charge < -0.3 is 20.1 Å². The van der Waals surface area contributed by atoms with Gasteiger partial charge in [0.1, 0.15) is 18.1 Å². The second-order valence-corrected chi connectivity index (χ2v) is 5.57. The highest BCUT2D eigenvalue weighted by Gasteiger charge is 2.11. The number of aliphatic imine (C=N–C) groups is 1. The lowest BCUT2D eigenvalue weighted by molar-refractivity contribution is 0.0671. The highest BCUT2D eigenvalue weighted by Crippen LogP contribution is 2.18. The quantitative estimate of drug-likeness (QED) is 0.220. The molecule has 28 heavy (non-hydrogen) atoms. The summed E-state index contributed by atoms with van der Waals surface area (Å²) in [7, 11) is 1.65. The molecule has 2 aromatic rings. The molecule has 0 amide bonds. The third-order valence-corrected chi connectivity index (χ3v) is 3.54. The first-order chi connectivity index (χ1) is 13.1. The Morgan fingerprint density at radius 1 is 1.32 bits per heavy atom. The number of alkyl halides is 2. The number of halogens is 3. The normalized spacial score (nSPS) is 11.2. The second kappa shape index (κ2) is 13.3. The third kappa shape index (κ3) is 7.97. The van der Waals surface area contributed by atoms with Crippen LogP contribution in [-0.2, 0) is 11.3 Å². The fraction of sp³-hybridized carbons (Fsp3) is 0.444. The van der Waals surface area contributed by atoms with Crippen LogP contribution in [0.3, 0.4) is 0 Å². The Bertz CT molecular complexity index is 728. The molecule has 0 atom stereocenters. The topological polar surface area (TPSA) is 72.7 Å². The summed E-state index contributed by atoms with van der Waals surface area (Å²) in [5.74, 6) is 1.38. The number of benzene rings is 1. The zero-order valence-corrected chi connectivity index (χ0v) is 18.2. The van der Waals surface area contributed by atoms with Gasteiger partial charge in [-0.2, -0.15) is 8.78 Å². The predicted molar refractivity (Wildman–Crippen MR) is 116 cm³/mol. The molecule has 1 aromatic heterocycles. The van der Waals surface area contributed by atoms with Crippen molar-refractivity contribution in [1.82, 2.24) is 14.9 Å². The van der Waals surface area contributed by atoms with E-state index in [-0.39, 0.29) is 36.3 Å². The molecule has 1 heterocycles. The summed E-state index contributed by atoms with van der Waals surface area (Å²) in [6.45, 7) is 1.14. The van der Waals surface area contributed by atoms with Crippen molar-refractivity contribution in [3.63, 3.8) is 0 Å². The van der Waals surface area contributed by atoms with Crippen LogP contribution in [0.4, 0.5) is 14.5 Å². The molecule has 156 valence electrons. The van der Waals surface area contributed by atoms with Gasteiger partial charge in [-0.05, 0) is 19.1 Å². The van der Waals surface area contributed by atoms with Gasteiger partial charge in [0.05, 0.1) is 6.61 Å². The van der Waals surface area contributed by atoms with Crippen molar-refractivity contribution in [3.8, 4) is 5.75 Å². The van der Waals surface area contributed by atoms with Crippen molar-refractivity contribution in [3.05, 3.63) is 42.5 Å². The monoisotopic (exact) mass is 509 g/mol. The molecule has 0 aliphatic rings. The number of hydrogen-bond acceptors (Lipinski definition) is 4. The fourth-order valence-electron chi connectivity index (χ4n) is 2.29. The first-order valence-electron chi connectivity index (χ1n) is 8.71. The van der Waals surface area contributed by atoms with Gasteiger partial charge in [-0.25, -0.2) is 9.98 Å². The van der Waals surface area contributed by atoms with Gasteiger partial charge in [0.2, 0.25) is 0 Å². The van der Waals surface area contributed by atoms with Crippen molar-refractivity contribution < 1.29 is 18.3 Å². The molecular weight excluding hydrogens is 483 g/mol. The Kier molecular flexibility index (Phi) is 11.4. The van der Waals surface area contributed by atoms with Crippen molar-refractivity contribution in [2.45, 2.75) is 26.4 Å². The molecule has 10 heteroatoms. The lowest BCUT2D eigenvalue weighted by atomic mass is 10.3. The van der Waals surface area contributed by atoms with Crippen LogP contribution in [-0.4, -0.2) is 42.4 Å². The van der Waals surface area contributed by atoms with Crippen LogP contribution in [0.5, 0.6) is 5.75 Å². The second-order valence-electron chi connectivity index (χ2n) is 5.57. The molecule has 0 bridgehead atoms. The summed E-state index contributed by atoms with van der Waals surface area (Å²) in [4.78, 5) is 8.26. The maximum absolute atomic E-state index is 12.9. The van der Waals surface area contributed by atoms with Crippen molar-refractivity contribution >= 4 is 35.6 Å². The average molecular weight is 509 g/mol. The molecule has 0 spiro atoms. The zero-order valence-electron chi connectivity index (χ0n) is 15.9. The molecule has 0 fully saturated rings. The summed E-state index contributed by atoms with van der Waals surface area (Å²) in [5.41, 5.74) is 0.774. The fourth-order valence-corrected chi connectivity index (χ4v) is 2.29. The number of hydrogen-bond donors (Lipinski definition) is 2. The van der Waals surface area contributed by atoms with Gasteiger partial charge >= 0.3 is 6.55 Å². The van der Waals surface area contributed by atoms with E-state index in [4.69, 9.17) is 9.47 Å². The lowest BCUT2D eigenvalue weighted by Crippen LogP contribution is -2.30. The number of imidazole rings is 1. The number of rotatable bonds is 10. The van der Waals surface area contributed by atoms with Gasteiger partial charge in [-0.3, -0.25) is 4.57 Å². The molecular formula is C18H26F2IN5O2. The van der Waals surface area contributed by atoms with Crippen LogP contribution >= 0.6 is 24.0 Å². The van der Waals surface area contributed by atoms with Crippen molar-refractivity contribution in [2.24, 2.45) is 4.99 Å². The minimum absolute atomic E-state index is 0. The smallest absolute Gasteiger partial charge is 0.319 e. The molecule has 0 radical (unpaired) electrons. The van der Waals surface area contributed by atoms with Gasteiger partial charge in [0, 0.05) is 50.8 Å². The van der Waals surface area contributed by atoms with E-state index in [1.807, 2.05) is 31.2 Å². The largest absolute Gasteiger partial charge is 0.493 e. The summed E-state index contributed by atoms with van der Waals surface area (Å²) >= 11 is 0. The zero-order chi connectivity index (χ0) is 19.5. The lowest BCUT2D eigenvalue weighted by Gasteiger charge is -2.13. The number of nitrogens with one attached hydrogen (secondary N) is 2. The van der Waals surface area contributed by atoms with E-state index >= 15 is 0 Å². The van der Waals surface area contributed by atoms with E-state index in [1.165, 1.54) is 12.4 Å². The molecule has 0 aliphatic heterocycles. The van der Waals surface area contributed by atoms with E-state index in [1.54, 1.807) is 7.11 Å². The maximum Gasteiger partial charge on any atom is 0.319 e. The summed E-state index contributed by atoms with van der Waals surface area (Å²) in [6.07, 6.45) is 3.37. The highest BCUT2D eigenvalue weighted by atomic mass is 127. The van der Waals surface area contributed by atoms with E-state index in [0.29, 0.717) is 25.7 Å². The van der Waals surface area contributed by atoms with Gasteiger partial charge in [0.25, 0.3) is 0 Å². The minimum Gasteiger partial charge on any atom is -0.493 e. The number of ether oxygens (including phenoxy) is 2. The van der Waals surface area contributed by atoms with E-state index in [0.717, 1.165) is 22.4 Å². The van der Waals surface area contributed by atoms with Crippen LogP contribution in [0.1, 0.15) is 25.7 Å². The Balaban J connectivity index is 0.00000392. The molecule has 0 saturated carbocycles. The predicted octanol–water partition coefficient (Wildman–Crippen LogP) is 3.89. The molecule has 2 rings (SSSR count). The minimum atomic E-state index is -2.64. The molecule has 0 unspecified atom stereocenters. The Morgan fingerprint density at radius 2 is 2.14 bits per heavy atom. The molecule has 0 aliphatic carbocycles. The summed E-state index contributed by atoms with van der Waals surface area (Å²) in [5, 5.41) is 6.22. The van der Waals surface area contributed by atoms with Crippen LogP contribution < -0.4 is 15.4 Å². The van der Waals surface area contributed by atoms with Gasteiger partial charge in [-0.1, -0.05) is 6.07 Å². The Hall–Kier alpha value is -1.95. The van der Waals surface area contributed by atoms with Crippen LogP contribution in [0.2, 0.25) is 0 Å². The SMILES string of the molecule is CCNC(=NCc1nccn1C(F)F)Nc1cccc(OCCCOC)c1.I. The first-order valence-corrected chi connectivity index (χ1v) is 8.71. The maximum atomic E-state index is 12.9. The van der Waals surface area contributed by atoms with Gasteiger partial charge in [0.15, 0.2) is 5.96 Å². The van der Waals surface area contributed by atoms with E-state index in [2.05, 4.69) is 20.6 Å². The van der Waals surface area contributed by atoms with Crippen LogP contribution in [0.15, 0.2) is 41.7 Å². The standard InChI is InChI=1S/C18H25F2N5O2.HI/c1-3-21-18(23-13-16-22-8-9-25(16)17(19)20)24-14-6-4-7-15(12-14)27-11-5-10-26-2;/h4,6-9,12,17H,3,5,10-11,13H2,1-2H3,(H2,21,23,24);1H. The van der Waals surface area contributed by atoms with Crippen molar-refractivity contribution in [1.29, 1.82) is 0 Å². The number of guanidine groups is 1. The average Bonchev–Trinajstić information content (AvgIpc) is 3.13. The molecule has 7 nitrogen and oxygen atoms in total. The Labute approximate surface area is 180 Å². The Morgan fingerprint density at radius 3 is 2.86 bits per heavy atom. The van der Waals surface area contributed by atoms with Gasteiger partial charge in [-0.15, -0.1) is 24.0 Å². The number of anilines is 1. The first kappa shape index (κ1) is 24.1.